The highest BCUT2D eigenvalue weighted by molar-refractivity contribution is 8.00. The number of nitrogen functional groups attached to an aromatic ring is 1. The van der Waals surface area contributed by atoms with Gasteiger partial charge in [-0.25, -0.2) is 0 Å². The zero-order valence-electron chi connectivity index (χ0n) is 12.1. The summed E-state index contributed by atoms with van der Waals surface area (Å²) in [5.74, 6) is 1.40. The number of halogens is 2. The minimum absolute atomic E-state index is 0. The summed E-state index contributed by atoms with van der Waals surface area (Å²) in [7, 11) is 1.53. The van der Waals surface area contributed by atoms with Crippen molar-refractivity contribution in [3.8, 4) is 5.75 Å². The van der Waals surface area contributed by atoms with Crippen molar-refractivity contribution in [2.45, 2.75) is 18.6 Å². The van der Waals surface area contributed by atoms with Crippen LogP contribution in [0, 0.1) is 0 Å². The number of carbonyl (C=O) groups excluding carboxylic acids is 1. The highest BCUT2D eigenvalue weighted by Crippen LogP contribution is 2.31. The fourth-order valence-corrected chi connectivity index (χ4v) is 3.57. The Morgan fingerprint density at radius 2 is 2.29 bits per heavy atom. The van der Waals surface area contributed by atoms with E-state index in [2.05, 4.69) is 6.92 Å². The number of nitrogens with two attached hydrogens (primary N) is 1. The zero-order chi connectivity index (χ0) is 14.7. The molecule has 7 heteroatoms. The maximum absolute atomic E-state index is 12.6. The van der Waals surface area contributed by atoms with Gasteiger partial charge in [0.1, 0.15) is 5.75 Å². The van der Waals surface area contributed by atoms with Crippen LogP contribution in [-0.4, -0.2) is 42.0 Å². The zero-order valence-corrected chi connectivity index (χ0v) is 14.5. The van der Waals surface area contributed by atoms with Gasteiger partial charge in [-0.2, -0.15) is 11.8 Å². The second kappa shape index (κ2) is 8.01. The summed E-state index contributed by atoms with van der Waals surface area (Å²) in [5, 5.41) is 0.885. The predicted molar refractivity (Wildman–Crippen MR) is 92.1 cm³/mol. The van der Waals surface area contributed by atoms with E-state index in [-0.39, 0.29) is 18.3 Å². The Labute approximate surface area is 140 Å². The molecule has 0 aromatic heterocycles. The fraction of sp³-hybridized carbons (Fsp3) is 0.500. The van der Waals surface area contributed by atoms with Crippen LogP contribution in [0.15, 0.2) is 12.1 Å². The van der Waals surface area contributed by atoms with Crippen molar-refractivity contribution in [2.24, 2.45) is 0 Å². The summed E-state index contributed by atoms with van der Waals surface area (Å²) in [6.07, 6.45) is 1.06. The molecule has 0 saturated carbocycles. The quantitative estimate of drug-likeness (QED) is 0.849. The maximum Gasteiger partial charge on any atom is 0.257 e. The molecule has 0 radical (unpaired) electrons. The number of methoxy groups -OCH3 is 1. The third-order valence-corrected chi connectivity index (χ3v) is 5.13. The van der Waals surface area contributed by atoms with Crippen LogP contribution in [0.2, 0.25) is 5.02 Å². The van der Waals surface area contributed by atoms with Crippen molar-refractivity contribution in [1.29, 1.82) is 0 Å². The standard InChI is InChI=1S/C14H19ClN2O2S.ClH/c1-3-9-8-17(4-5-20-9)14(18)10-6-11(15)12(16)7-13(10)19-2;/h6-7,9H,3-5,8,16H2,1-2H3;1H. The number of benzene rings is 1. The molecule has 1 fully saturated rings. The fourth-order valence-electron chi connectivity index (χ4n) is 2.23. The number of amides is 1. The molecule has 4 nitrogen and oxygen atoms in total. The van der Waals surface area contributed by atoms with E-state index in [0.29, 0.717) is 27.3 Å². The highest BCUT2D eigenvalue weighted by Gasteiger charge is 2.26. The Bertz CT molecular complexity index is 514. The first kappa shape index (κ1) is 18.3. The number of nitrogens with zero attached hydrogens (tertiary/aromatic N) is 1. The van der Waals surface area contributed by atoms with Gasteiger partial charge in [-0.15, -0.1) is 12.4 Å². The third-order valence-electron chi connectivity index (χ3n) is 3.43. The molecule has 0 spiro atoms. The number of hydrogen-bond donors (Lipinski definition) is 1. The van der Waals surface area contributed by atoms with Crippen LogP contribution in [-0.2, 0) is 0 Å². The van der Waals surface area contributed by atoms with Gasteiger partial charge in [0.25, 0.3) is 5.91 Å². The third kappa shape index (κ3) is 4.11. The van der Waals surface area contributed by atoms with Gasteiger partial charge in [-0.05, 0) is 12.5 Å². The summed E-state index contributed by atoms with van der Waals surface area (Å²) in [6.45, 7) is 3.67. The molecule has 2 N–H and O–H groups in total. The molecule has 2 rings (SSSR count). The Morgan fingerprint density at radius 3 is 2.90 bits per heavy atom. The van der Waals surface area contributed by atoms with Crippen molar-refractivity contribution in [3.05, 3.63) is 22.7 Å². The van der Waals surface area contributed by atoms with Crippen LogP contribution in [0.1, 0.15) is 23.7 Å². The topological polar surface area (TPSA) is 55.6 Å². The monoisotopic (exact) mass is 350 g/mol. The van der Waals surface area contributed by atoms with Crippen molar-refractivity contribution >= 4 is 47.4 Å². The Kier molecular flexibility index (Phi) is 6.97. The number of anilines is 1. The van der Waals surface area contributed by atoms with Gasteiger partial charge >= 0.3 is 0 Å². The predicted octanol–water partition coefficient (Wildman–Crippen LogP) is 3.32. The first-order valence-corrected chi connectivity index (χ1v) is 8.03. The molecule has 21 heavy (non-hydrogen) atoms. The van der Waals surface area contributed by atoms with Gasteiger partial charge in [0.05, 0.1) is 23.4 Å². The Morgan fingerprint density at radius 1 is 1.57 bits per heavy atom. The first-order chi connectivity index (χ1) is 9.56. The highest BCUT2D eigenvalue weighted by atomic mass is 35.5. The largest absolute Gasteiger partial charge is 0.496 e. The van der Waals surface area contributed by atoms with Crippen LogP contribution in [0.4, 0.5) is 5.69 Å². The molecule has 1 heterocycles. The molecule has 0 aliphatic carbocycles. The van der Waals surface area contributed by atoms with Crippen LogP contribution >= 0.6 is 35.8 Å². The first-order valence-electron chi connectivity index (χ1n) is 6.60. The van der Waals surface area contributed by atoms with Gasteiger partial charge in [0.15, 0.2) is 0 Å². The van der Waals surface area contributed by atoms with E-state index >= 15 is 0 Å². The van der Waals surface area contributed by atoms with Gasteiger partial charge in [-0.3, -0.25) is 4.79 Å². The van der Waals surface area contributed by atoms with Crippen molar-refractivity contribution in [2.75, 3.05) is 31.7 Å². The van der Waals surface area contributed by atoms with Crippen LogP contribution in [0.5, 0.6) is 5.75 Å². The summed E-state index contributed by atoms with van der Waals surface area (Å²) >= 11 is 7.95. The normalized spacial score (nSPS) is 18.0. The van der Waals surface area contributed by atoms with Crippen LogP contribution in [0.25, 0.3) is 0 Å². The maximum atomic E-state index is 12.6. The SMILES string of the molecule is CCC1CN(C(=O)c2cc(Cl)c(N)cc2OC)CCS1.Cl. The van der Waals surface area contributed by atoms with Gasteiger partial charge < -0.3 is 15.4 Å². The molecule has 1 aliphatic heterocycles. The molecular formula is C14H20Cl2N2O2S. The summed E-state index contributed by atoms with van der Waals surface area (Å²) < 4.78 is 5.25. The Hall–Kier alpha value is -0.780. The number of hydrogen-bond acceptors (Lipinski definition) is 4. The van der Waals surface area contributed by atoms with Crippen molar-refractivity contribution in [1.82, 2.24) is 4.90 Å². The number of ether oxygens (including phenoxy) is 1. The lowest BCUT2D eigenvalue weighted by Gasteiger charge is -2.32. The minimum Gasteiger partial charge on any atom is -0.496 e. The second-order valence-electron chi connectivity index (χ2n) is 4.73. The number of thioether (sulfide) groups is 1. The molecule has 1 aromatic carbocycles. The lowest BCUT2D eigenvalue weighted by molar-refractivity contribution is 0.0757. The number of carbonyl (C=O) groups is 1. The summed E-state index contributed by atoms with van der Waals surface area (Å²) in [6, 6.07) is 3.20. The van der Waals surface area contributed by atoms with E-state index in [1.54, 1.807) is 12.1 Å². The van der Waals surface area contributed by atoms with E-state index in [0.717, 1.165) is 25.3 Å². The second-order valence-corrected chi connectivity index (χ2v) is 6.54. The molecule has 118 valence electrons. The van der Waals surface area contributed by atoms with E-state index in [1.165, 1.54) is 7.11 Å². The van der Waals surface area contributed by atoms with Crippen molar-refractivity contribution in [3.63, 3.8) is 0 Å². The van der Waals surface area contributed by atoms with E-state index in [4.69, 9.17) is 22.1 Å². The van der Waals surface area contributed by atoms with E-state index in [1.807, 2.05) is 16.7 Å². The average molecular weight is 351 g/mol. The van der Waals surface area contributed by atoms with Crippen LogP contribution in [0.3, 0.4) is 0 Å². The van der Waals surface area contributed by atoms with E-state index in [9.17, 15) is 4.79 Å². The molecule has 1 aromatic rings. The molecule has 1 aliphatic rings. The van der Waals surface area contributed by atoms with E-state index < -0.39 is 0 Å². The smallest absolute Gasteiger partial charge is 0.257 e. The van der Waals surface area contributed by atoms with Gasteiger partial charge in [0, 0.05) is 30.2 Å². The molecule has 0 bridgehead atoms. The molecule has 1 unspecified atom stereocenters. The Balaban J connectivity index is 0.00000220. The summed E-state index contributed by atoms with van der Waals surface area (Å²) in [5.41, 5.74) is 6.64. The molecule has 1 amide bonds. The lowest BCUT2D eigenvalue weighted by atomic mass is 10.1. The van der Waals surface area contributed by atoms with Gasteiger partial charge in [0.2, 0.25) is 0 Å². The average Bonchev–Trinajstić information content (AvgIpc) is 2.48. The van der Waals surface area contributed by atoms with Crippen molar-refractivity contribution < 1.29 is 9.53 Å². The molecule has 1 atom stereocenters. The van der Waals surface area contributed by atoms with Gasteiger partial charge in [-0.1, -0.05) is 18.5 Å². The minimum atomic E-state index is -0.0394. The lowest BCUT2D eigenvalue weighted by Crippen LogP contribution is -2.41. The summed E-state index contributed by atoms with van der Waals surface area (Å²) in [4.78, 5) is 14.5. The van der Waals surface area contributed by atoms with Crippen LogP contribution < -0.4 is 10.5 Å². The molecular weight excluding hydrogens is 331 g/mol. The molecule has 1 saturated heterocycles. The number of rotatable bonds is 3.